The van der Waals surface area contributed by atoms with Crippen LogP contribution in [0.4, 0.5) is 10.1 Å². The van der Waals surface area contributed by atoms with Crippen LogP contribution in [0, 0.1) is 5.82 Å². The first kappa shape index (κ1) is 30.5. The molecule has 3 aliphatic rings. The fraction of sp³-hybridized carbons (Fsp3) is 0.286. The molecule has 1 fully saturated rings. The number of anilines is 1. The van der Waals surface area contributed by atoms with Gasteiger partial charge in [-0.3, -0.25) is 0 Å². The van der Waals surface area contributed by atoms with Gasteiger partial charge in [-0.1, -0.05) is 68.5 Å². The van der Waals surface area contributed by atoms with Gasteiger partial charge in [0.1, 0.15) is 23.1 Å². The van der Waals surface area contributed by atoms with Gasteiger partial charge in [0.05, 0.1) is 33.1 Å². The van der Waals surface area contributed by atoms with Gasteiger partial charge in [-0.2, -0.15) is 0 Å². The molecule has 2 heterocycles. The van der Waals surface area contributed by atoms with Crippen molar-refractivity contribution in [1.29, 1.82) is 0 Å². The highest BCUT2D eigenvalue weighted by molar-refractivity contribution is 6.10. The first-order valence-corrected chi connectivity index (χ1v) is 16.9. The molecule has 0 saturated carbocycles. The Kier molecular flexibility index (Phi) is 7.44. The van der Waals surface area contributed by atoms with E-state index in [0.717, 1.165) is 76.3 Å². The smallest absolute Gasteiger partial charge is 0.178 e. The summed E-state index contributed by atoms with van der Waals surface area (Å²) in [5.41, 5.74) is 7.92. The van der Waals surface area contributed by atoms with Crippen molar-refractivity contribution in [3.05, 3.63) is 125 Å². The molecule has 8 rings (SSSR count). The summed E-state index contributed by atoms with van der Waals surface area (Å²) in [4.78, 5) is 2.36. The molecule has 5 nitrogen and oxygen atoms in total. The minimum absolute atomic E-state index is 0.188. The fourth-order valence-electron chi connectivity index (χ4n) is 8.40. The number of methoxy groups -OCH3 is 2. The highest BCUT2D eigenvalue weighted by Gasteiger charge is 2.47. The first-order chi connectivity index (χ1) is 23.5. The van der Waals surface area contributed by atoms with E-state index in [0.29, 0.717) is 13.2 Å². The first-order valence-electron chi connectivity index (χ1n) is 16.9. The number of morpholine rings is 1. The van der Waals surface area contributed by atoms with Crippen molar-refractivity contribution >= 4 is 22.5 Å². The molecule has 1 atom stereocenters. The molecule has 0 aromatic heterocycles. The van der Waals surface area contributed by atoms with Crippen LogP contribution in [0.5, 0.6) is 17.2 Å². The molecular weight excluding hydrogens is 601 g/mol. The maximum absolute atomic E-state index is 14.3. The van der Waals surface area contributed by atoms with Crippen LogP contribution >= 0.6 is 0 Å². The third-order valence-electron chi connectivity index (χ3n) is 10.9. The lowest BCUT2D eigenvalue weighted by Crippen LogP contribution is -2.36. The number of hydrogen-bond acceptors (Lipinski definition) is 5. The Morgan fingerprint density at radius 2 is 1.50 bits per heavy atom. The van der Waals surface area contributed by atoms with E-state index in [2.05, 4.69) is 67.3 Å². The van der Waals surface area contributed by atoms with Crippen molar-refractivity contribution in [2.24, 2.45) is 0 Å². The van der Waals surface area contributed by atoms with Crippen molar-refractivity contribution < 1.29 is 23.3 Å². The van der Waals surface area contributed by atoms with E-state index in [1.807, 2.05) is 36.4 Å². The van der Waals surface area contributed by atoms with E-state index >= 15 is 0 Å². The maximum Gasteiger partial charge on any atom is 0.178 e. The van der Waals surface area contributed by atoms with Gasteiger partial charge < -0.3 is 23.8 Å². The summed E-state index contributed by atoms with van der Waals surface area (Å²) >= 11 is 0. The second kappa shape index (κ2) is 11.7. The van der Waals surface area contributed by atoms with Gasteiger partial charge in [0.15, 0.2) is 5.60 Å². The molecule has 6 heteroatoms. The zero-order valence-corrected chi connectivity index (χ0v) is 27.9. The molecular formula is C42H40FNO4. The van der Waals surface area contributed by atoms with Crippen LogP contribution in [-0.4, -0.2) is 40.5 Å². The molecule has 48 heavy (non-hydrogen) atoms. The van der Waals surface area contributed by atoms with Gasteiger partial charge in [-0.25, -0.2) is 4.39 Å². The molecule has 0 N–H and O–H groups in total. The van der Waals surface area contributed by atoms with Crippen LogP contribution in [0.3, 0.4) is 0 Å². The summed E-state index contributed by atoms with van der Waals surface area (Å²) in [6.07, 6.45) is 6.30. The van der Waals surface area contributed by atoms with Crippen LogP contribution in [-0.2, 0) is 15.8 Å². The lowest BCUT2D eigenvalue weighted by atomic mass is 9.71. The zero-order valence-electron chi connectivity index (χ0n) is 27.9. The summed E-state index contributed by atoms with van der Waals surface area (Å²) in [5.74, 6) is 2.06. The van der Waals surface area contributed by atoms with Gasteiger partial charge in [0, 0.05) is 40.6 Å². The Morgan fingerprint density at radius 3 is 2.17 bits per heavy atom. The number of ether oxygens (including phenoxy) is 4. The number of nitrogens with zero attached hydrogens (tertiary/aromatic N) is 1. The normalized spacial score (nSPS) is 19.0. The van der Waals surface area contributed by atoms with Crippen LogP contribution in [0.2, 0.25) is 0 Å². The van der Waals surface area contributed by atoms with Gasteiger partial charge in [0.25, 0.3) is 0 Å². The monoisotopic (exact) mass is 641 g/mol. The molecule has 244 valence electrons. The maximum atomic E-state index is 14.3. The van der Waals surface area contributed by atoms with Crippen molar-refractivity contribution in [1.82, 2.24) is 0 Å². The number of rotatable bonds is 7. The van der Waals surface area contributed by atoms with Gasteiger partial charge in [-0.15, -0.1) is 0 Å². The molecule has 5 aromatic carbocycles. The van der Waals surface area contributed by atoms with Gasteiger partial charge >= 0.3 is 0 Å². The average molecular weight is 642 g/mol. The van der Waals surface area contributed by atoms with E-state index in [1.165, 1.54) is 34.4 Å². The standard InChI is InChI=1S/C42H40FNO4/c1-5-41(6-2)35-10-8-7-9-31(35)38-33-25-36(44-21-23-47-24-22-44)37(46-4)26-34(33)40-32(39(38)41)19-20-42(48-40,27-11-15-29(43)16-12-27)28-13-17-30(45-3)18-14-28/h7-20,25-26H,5-6,21-24H2,1-4H3. The lowest BCUT2D eigenvalue weighted by Gasteiger charge is -2.39. The second-order valence-electron chi connectivity index (χ2n) is 12.9. The quantitative estimate of drug-likeness (QED) is 0.177. The van der Waals surface area contributed by atoms with Crippen LogP contribution < -0.4 is 19.1 Å². The molecule has 0 bridgehead atoms. The Bertz CT molecular complexity index is 2040. The van der Waals surface area contributed by atoms with Crippen molar-refractivity contribution in [2.75, 3.05) is 45.4 Å². The molecule has 1 unspecified atom stereocenters. The summed E-state index contributed by atoms with van der Waals surface area (Å²) in [6.45, 7) is 7.54. The number of hydrogen-bond donors (Lipinski definition) is 0. The average Bonchev–Trinajstić information content (AvgIpc) is 3.45. The van der Waals surface area contributed by atoms with E-state index in [9.17, 15) is 4.39 Å². The minimum atomic E-state index is -1.02. The Balaban J connectivity index is 1.47. The second-order valence-corrected chi connectivity index (χ2v) is 12.9. The molecule has 1 saturated heterocycles. The third kappa shape index (κ3) is 4.38. The van der Waals surface area contributed by atoms with Crippen LogP contribution in [0.25, 0.3) is 28.0 Å². The summed E-state index contributed by atoms with van der Waals surface area (Å²) < 4.78 is 39.2. The lowest BCUT2D eigenvalue weighted by molar-refractivity contribution is 0.122. The number of benzene rings is 5. The predicted octanol–water partition coefficient (Wildman–Crippen LogP) is 9.27. The van der Waals surface area contributed by atoms with E-state index < -0.39 is 5.60 Å². The predicted molar refractivity (Wildman–Crippen MR) is 190 cm³/mol. The molecule has 0 radical (unpaired) electrons. The van der Waals surface area contributed by atoms with Gasteiger partial charge in [0.2, 0.25) is 0 Å². The molecule has 5 aromatic rings. The van der Waals surface area contributed by atoms with Gasteiger partial charge in [-0.05, 0) is 83.0 Å². The van der Waals surface area contributed by atoms with E-state index in [4.69, 9.17) is 18.9 Å². The zero-order chi connectivity index (χ0) is 33.0. The molecule has 0 spiro atoms. The van der Waals surface area contributed by atoms with Crippen molar-refractivity contribution in [3.8, 4) is 28.4 Å². The largest absolute Gasteiger partial charge is 0.497 e. The van der Waals surface area contributed by atoms with Crippen molar-refractivity contribution in [2.45, 2.75) is 37.7 Å². The highest BCUT2D eigenvalue weighted by Crippen LogP contribution is 2.61. The fourth-order valence-corrected chi connectivity index (χ4v) is 8.40. The molecule has 0 amide bonds. The van der Waals surface area contributed by atoms with Crippen LogP contribution in [0.1, 0.15) is 54.5 Å². The Hall–Kier alpha value is -4.81. The summed E-state index contributed by atoms with van der Waals surface area (Å²) in [6, 6.07) is 28.0. The Labute approximate surface area is 281 Å². The number of fused-ring (bicyclic) bond motifs is 8. The Morgan fingerprint density at radius 1 is 0.812 bits per heavy atom. The molecule has 1 aliphatic carbocycles. The summed E-state index contributed by atoms with van der Waals surface area (Å²) in [7, 11) is 3.40. The minimum Gasteiger partial charge on any atom is -0.497 e. The van der Waals surface area contributed by atoms with E-state index in [-0.39, 0.29) is 11.2 Å². The van der Waals surface area contributed by atoms with E-state index in [1.54, 1.807) is 14.2 Å². The topological polar surface area (TPSA) is 40.2 Å². The van der Waals surface area contributed by atoms with Crippen LogP contribution in [0.15, 0.2) is 91.0 Å². The molecule has 2 aliphatic heterocycles. The van der Waals surface area contributed by atoms with Crippen molar-refractivity contribution in [3.63, 3.8) is 0 Å². The third-order valence-corrected chi connectivity index (χ3v) is 10.9. The summed E-state index contributed by atoms with van der Waals surface area (Å²) in [5, 5.41) is 2.13. The number of halogens is 1. The SMILES string of the molecule is CCC1(CC)c2ccccc2-c2c1c1c(c3cc(OC)c(N4CCOCC4)cc23)OC(c2ccc(F)cc2)(c2ccc(OC)cc2)C=C1. The highest BCUT2D eigenvalue weighted by atomic mass is 19.1.